The van der Waals surface area contributed by atoms with Crippen LogP contribution in [0.25, 0.3) is 11.5 Å². The minimum Gasteiger partial charge on any atom is -0.476 e. The fraction of sp³-hybridized carbons (Fsp3) is 0.231. The van der Waals surface area contributed by atoms with E-state index in [1.807, 2.05) is 0 Å². The van der Waals surface area contributed by atoms with Gasteiger partial charge in [-0.25, -0.2) is 4.79 Å². The Balaban J connectivity index is 2.47. The molecular formula is C13H12N2O6. The van der Waals surface area contributed by atoms with Crippen LogP contribution in [0.15, 0.2) is 22.6 Å². The van der Waals surface area contributed by atoms with Crippen molar-refractivity contribution in [3.8, 4) is 17.4 Å². The molecule has 0 aliphatic rings. The number of carbonyl (C=O) groups is 1. The van der Waals surface area contributed by atoms with Gasteiger partial charge in [0.1, 0.15) is 0 Å². The van der Waals surface area contributed by atoms with Gasteiger partial charge in [0, 0.05) is 17.2 Å². The highest BCUT2D eigenvalue weighted by Crippen LogP contribution is 2.30. The van der Waals surface area contributed by atoms with Gasteiger partial charge in [-0.1, -0.05) is 0 Å². The lowest BCUT2D eigenvalue weighted by atomic mass is 10.1. The van der Waals surface area contributed by atoms with Gasteiger partial charge >= 0.3 is 11.9 Å². The largest absolute Gasteiger partial charge is 0.476 e. The van der Waals surface area contributed by atoms with Crippen molar-refractivity contribution in [1.29, 1.82) is 0 Å². The molecule has 8 nitrogen and oxygen atoms in total. The lowest BCUT2D eigenvalue weighted by molar-refractivity contribution is -0.385. The Labute approximate surface area is 119 Å². The van der Waals surface area contributed by atoms with Crippen molar-refractivity contribution < 1.29 is 24.0 Å². The SMILES string of the molecule is CCOc1oc(-c2ccc([N+](=O)[O-])c(C)c2)nc1C(=O)O. The summed E-state index contributed by atoms with van der Waals surface area (Å²) in [5.41, 5.74) is 0.494. The number of hydrogen-bond acceptors (Lipinski definition) is 6. The average Bonchev–Trinajstić information content (AvgIpc) is 2.83. The van der Waals surface area contributed by atoms with Gasteiger partial charge in [0.25, 0.3) is 5.69 Å². The summed E-state index contributed by atoms with van der Waals surface area (Å²) in [6, 6.07) is 4.26. The van der Waals surface area contributed by atoms with E-state index in [9.17, 15) is 14.9 Å². The number of aromatic carboxylic acids is 1. The monoisotopic (exact) mass is 292 g/mol. The third-order valence-electron chi connectivity index (χ3n) is 2.71. The Morgan fingerprint density at radius 2 is 2.24 bits per heavy atom. The van der Waals surface area contributed by atoms with Crippen LogP contribution in [-0.2, 0) is 0 Å². The molecule has 2 aromatic rings. The molecule has 0 saturated heterocycles. The number of benzene rings is 1. The van der Waals surface area contributed by atoms with Crippen molar-refractivity contribution in [2.45, 2.75) is 13.8 Å². The number of ether oxygens (including phenoxy) is 1. The number of nitrogens with zero attached hydrogens (tertiary/aromatic N) is 2. The van der Waals surface area contributed by atoms with Gasteiger partial charge in [-0.05, 0) is 26.0 Å². The van der Waals surface area contributed by atoms with Gasteiger partial charge in [0.05, 0.1) is 11.5 Å². The Hall–Kier alpha value is -2.90. The molecule has 0 aliphatic carbocycles. The second kappa shape index (κ2) is 5.61. The first-order valence-electron chi connectivity index (χ1n) is 6.06. The predicted molar refractivity (Wildman–Crippen MR) is 71.5 cm³/mol. The zero-order valence-corrected chi connectivity index (χ0v) is 11.3. The summed E-state index contributed by atoms with van der Waals surface area (Å²) in [6.07, 6.45) is 0. The second-order valence-corrected chi connectivity index (χ2v) is 4.15. The van der Waals surface area contributed by atoms with Crippen LogP contribution >= 0.6 is 0 Å². The molecule has 0 aliphatic heterocycles. The molecule has 0 unspecified atom stereocenters. The molecule has 0 bridgehead atoms. The maximum atomic E-state index is 11.1. The van der Waals surface area contributed by atoms with Gasteiger partial charge in [-0.2, -0.15) is 4.98 Å². The van der Waals surface area contributed by atoms with Crippen molar-refractivity contribution in [3.63, 3.8) is 0 Å². The van der Waals surface area contributed by atoms with Crippen LogP contribution in [0.3, 0.4) is 0 Å². The molecule has 110 valence electrons. The van der Waals surface area contributed by atoms with E-state index in [0.717, 1.165) is 0 Å². The third-order valence-corrected chi connectivity index (χ3v) is 2.71. The number of aromatic nitrogens is 1. The van der Waals surface area contributed by atoms with Gasteiger partial charge in [-0.3, -0.25) is 10.1 Å². The zero-order valence-electron chi connectivity index (χ0n) is 11.3. The highest BCUT2D eigenvalue weighted by Gasteiger charge is 2.22. The zero-order chi connectivity index (χ0) is 15.6. The second-order valence-electron chi connectivity index (χ2n) is 4.15. The molecule has 21 heavy (non-hydrogen) atoms. The van der Waals surface area contributed by atoms with Gasteiger partial charge in [0.15, 0.2) is 0 Å². The predicted octanol–water partition coefficient (Wildman–Crippen LogP) is 2.66. The van der Waals surface area contributed by atoms with E-state index in [-0.39, 0.29) is 29.8 Å². The minimum atomic E-state index is -1.27. The smallest absolute Gasteiger partial charge is 0.362 e. The topological polar surface area (TPSA) is 116 Å². The van der Waals surface area contributed by atoms with E-state index in [1.54, 1.807) is 13.8 Å². The number of aryl methyl sites for hydroxylation is 1. The number of nitro groups is 1. The van der Waals surface area contributed by atoms with Crippen molar-refractivity contribution in [3.05, 3.63) is 39.6 Å². The van der Waals surface area contributed by atoms with Crippen LogP contribution < -0.4 is 4.74 Å². The first-order chi connectivity index (χ1) is 9.93. The Morgan fingerprint density at radius 3 is 2.76 bits per heavy atom. The minimum absolute atomic E-state index is 0.0335. The summed E-state index contributed by atoms with van der Waals surface area (Å²) in [6.45, 7) is 3.49. The number of rotatable bonds is 5. The fourth-order valence-electron chi connectivity index (χ4n) is 1.79. The van der Waals surface area contributed by atoms with E-state index in [1.165, 1.54) is 18.2 Å². The number of oxazole rings is 1. The van der Waals surface area contributed by atoms with E-state index in [0.29, 0.717) is 11.1 Å². The third kappa shape index (κ3) is 2.83. The molecule has 0 spiro atoms. The van der Waals surface area contributed by atoms with Crippen LogP contribution in [0, 0.1) is 17.0 Å². The van der Waals surface area contributed by atoms with Crippen LogP contribution in [-0.4, -0.2) is 27.6 Å². The summed E-state index contributed by atoms with van der Waals surface area (Å²) >= 11 is 0. The van der Waals surface area contributed by atoms with Crippen molar-refractivity contribution in [2.75, 3.05) is 6.61 Å². The number of carboxylic acid groups (broad SMARTS) is 1. The van der Waals surface area contributed by atoms with Gasteiger partial charge in [-0.15, -0.1) is 0 Å². The standard InChI is InChI=1S/C13H12N2O6/c1-3-20-13-10(12(16)17)14-11(21-13)8-4-5-9(15(18)19)7(2)6-8/h4-6H,3H2,1-2H3,(H,16,17). The lowest BCUT2D eigenvalue weighted by Gasteiger charge is -2.00. The molecule has 0 radical (unpaired) electrons. The number of hydrogen-bond donors (Lipinski definition) is 1. The van der Waals surface area contributed by atoms with Gasteiger partial charge < -0.3 is 14.3 Å². The maximum absolute atomic E-state index is 11.1. The maximum Gasteiger partial charge on any atom is 0.362 e. The molecule has 8 heteroatoms. The van der Waals surface area contributed by atoms with Crippen molar-refractivity contribution in [1.82, 2.24) is 4.98 Å². The fourth-order valence-corrected chi connectivity index (χ4v) is 1.79. The quantitative estimate of drug-likeness (QED) is 0.665. The summed E-state index contributed by atoms with van der Waals surface area (Å²) in [7, 11) is 0. The van der Waals surface area contributed by atoms with Crippen LogP contribution in [0.4, 0.5) is 5.69 Å². The molecule has 0 fully saturated rings. The molecule has 0 amide bonds. The van der Waals surface area contributed by atoms with Crippen LogP contribution in [0.1, 0.15) is 23.0 Å². The highest BCUT2D eigenvalue weighted by molar-refractivity contribution is 5.88. The summed E-state index contributed by atoms with van der Waals surface area (Å²) in [5.74, 6) is -1.42. The molecule has 1 aromatic heterocycles. The highest BCUT2D eigenvalue weighted by atomic mass is 16.6. The summed E-state index contributed by atoms with van der Waals surface area (Å²) in [4.78, 5) is 25.2. The molecule has 2 rings (SSSR count). The Bertz CT molecular complexity index is 707. The molecule has 0 saturated carbocycles. The summed E-state index contributed by atoms with van der Waals surface area (Å²) < 4.78 is 10.3. The van der Waals surface area contributed by atoms with Gasteiger partial charge in [0.2, 0.25) is 11.6 Å². The molecule has 0 atom stereocenters. The number of nitro benzene ring substituents is 1. The Kier molecular flexibility index (Phi) is 3.88. The molecular weight excluding hydrogens is 280 g/mol. The van der Waals surface area contributed by atoms with Crippen LogP contribution in [0.2, 0.25) is 0 Å². The van der Waals surface area contributed by atoms with Crippen molar-refractivity contribution in [2.24, 2.45) is 0 Å². The average molecular weight is 292 g/mol. The number of carboxylic acids is 1. The first-order valence-corrected chi connectivity index (χ1v) is 6.06. The normalized spacial score (nSPS) is 10.4. The first kappa shape index (κ1) is 14.5. The van der Waals surface area contributed by atoms with E-state index < -0.39 is 10.9 Å². The summed E-state index contributed by atoms with van der Waals surface area (Å²) in [5, 5.41) is 19.8. The lowest BCUT2D eigenvalue weighted by Crippen LogP contribution is -2.01. The van der Waals surface area contributed by atoms with E-state index in [2.05, 4.69) is 4.98 Å². The van der Waals surface area contributed by atoms with Crippen molar-refractivity contribution >= 4 is 11.7 Å². The molecule has 1 aromatic carbocycles. The van der Waals surface area contributed by atoms with E-state index >= 15 is 0 Å². The van der Waals surface area contributed by atoms with Crippen LogP contribution in [0.5, 0.6) is 5.95 Å². The molecule has 1 N–H and O–H groups in total. The van der Waals surface area contributed by atoms with E-state index in [4.69, 9.17) is 14.3 Å². The Morgan fingerprint density at radius 1 is 1.52 bits per heavy atom. The molecule has 1 heterocycles.